The van der Waals surface area contributed by atoms with Crippen LogP contribution in [0.25, 0.3) is 0 Å². The highest BCUT2D eigenvalue weighted by Crippen LogP contribution is 2.64. The van der Waals surface area contributed by atoms with Crippen LogP contribution in [0.15, 0.2) is 11.3 Å². The topological polar surface area (TPSA) is 72.5 Å². The van der Waals surface area contributed by atoms with Crippen LogP contribution in [0.2, 0.25) is 0 Å². The molecule has 3 saturated carbocycles. The number of allylic oxidation sites excluding steroid dienone is 1. The molecule has 1 amide bonds. The number of ketones is 2. The van der Waals surface area contributed by atoms with Gasteiger partial charge in [-0.05, 0) is 74.2 Å². The Morgan fingerprint density at radius 2 is 1.78 bits per heavy atom. The van der Waals surface area contributed by atoms with Crippen LogP contribution in [-0.4, -0.2) is 24.3 Å². The fourth-order valence-corrected chi connectivity index (χ4v) is 6.90. The molecule has 27 heavy (non-hydrogen) atoms. The van der Waals surface area contributed by atoms with Gasteiger partial charge in [-0.1, -0.05) is 13.8 Å². The maximum absolute atomic E-state index is 12.6. The van der Waals surface area contributed by atoms with Crippen molar-refractivity contribution >= 4 is 17.7 Å². The highest BCUT2D eigenvalue weighted by Gasteiger charge is 2.59. The van der Waals surface area contributed by atoms with Gasteiger partial charge in [-0.15, -0.1) is 0 Å². The molecule has 4 aliphatic rings. The first-order chi connectivity index (χ1) is 12.8. The number of fused-ring (bicyclic) bond motifs is 5. The predicted molar refractivity (Wildman–Crippen MR) is 101 cm³/mol. The molecule has 0 aromatic heterocycles. The summed E-state index contributed by atoms with van der Waals surface area (Å²) in [5.41, 5.74) is 1.44. The SMILES string of the molecule is CCOC(=O)NC1=C2CC[C@@H]3[C@H](CC[C@]4(C)C(=O)CC[C@@H]34)[C@@]2(C)CCC1=O. The monoisotopic (exact) mass is 373 g/mol. The lowest BCUT2D eigenvalue weighted by molar-refractivity contribution is -0.132. The lowest BCUT2D eigenvalue weighted by atomic mass is 9.47. The van der Waals surface area contributed by atoms with Crippen molar-refractivity contribution in [3.8, 4) is 0 Å². The fraction of sp³-hybridized carbons (Fsp3) is 0.773. The molecule has 148 valence electrons. The Bertz CT molecular complexity index is 726. The first-order valence-corrected chi connectivity index (χ1v) is 10.5. The van der Waals surface area contributed by atoms with Crippen LogP contribution in [0.1, 0.15) is 72.1 Å². The first kappa shape index (κ1) is 18.7. The number of carbonyl (C=O) groups excluding carboxylic acids is 3. The van der Waals surface area contributed by atoms with Gasteiger partial charge in [0.1, 0.15) is 5.78 Å². The third-order valence-electron chi connectivity index (χ3n) is 8.34. The predicted octanol–water partition coefficient (Wildman–Crippen LogP) is 4.16. The fourth-order valence-electron chi connectivity index (χ4n) is 6.90. The Balaban J connectivity index is 1.67. The zero-order valence-electron chi connectivity index (χ0n) is 16.7. The van der Waals surface area contributed by atoms with Crippen molar-refractivity contribution in [3.63, 3.8) is 0 Å². The van der Waals surface area contributed by atoms with Gasteiger partial charge < -0.3 is 4.74 Å². The van der Waals surface area contributed by atoms with E-state index in [1.165, 1.54) is 0 Å². The van der Waals surface area contributed by atoms with Crippen molar-refractivity contribution in [1.82, 2.24) is 5.32 Å². The van der Waals surface area contributed by atoms with Crippen molar-refractivity contribution in [2.45, 2.75) is 72.1 Å². The maximum atomic E-state index is 12.6. The van der Waals surface area contributed by atoms with Gasteiger partial charge in [0.05, 0.1) is 12.3 Å². The first-order valence-electron chi connectivity index (χ1n) is 10.5. The Labute approximate surface area is 161 Å². The minimum atomic E-state index is -0.530. The molecule has 0 aromatic carbocycles. The molecule has 0 aliphatic heterocycles. The zero-order chi connectivity index (χ0) is 19.4. The Morgan fingerprint density at radius 1 is 1.04 bits per heavy atom. The number of hydrogen-bond acceptors (Lipinski definition) is 4. The summed E-state index contributed by atoms with van der Waals surface area (Å²) in [6, 6.07) is 0. The second kappa shape index (κ2) is 6.46. The van der Waals surface area contributed by atoms with Crippen molar-refractivity contribution in [1.29, 1.82) is 0 Å². The van der Waals surface area contributed by atoms with Gasteiger partial charge in [-0.25, -0.2) is 4.79 Å². The molecule has 0 aromatic rings. The van der Waals surface area contributed by atoms with Crippen molar-refractivity contribution in [2.24, 2.45) is 28.6 Å². The van der Waals surface area contributed by atoms with Gasteiger partial charge in [0.25, 0.3) is 0 Å². The van der Waals surface area contributed by atoms with Crippen LogP contribution >= 0.6 is 0 Å². The molecular weight excluding hydrogens is 342 g/mol. The standard InChI is InChI=1S/C22H31NO4/c1-4-27-20(26)23-19-16-6-5-13-14-7-8-18(25)22(14,3)11-9-15(13)21(16,2)12-10-17(19)24/h13-15H,4-12H2,1-3H3,(H,23,26)/t13-,14-,15-,21+,22-/m0/s1. The third kappa shape index (κ3) is 2.68. The molecule has 3 fully saturated rings. The maximum Gasteiger partial charge on any atom is 0.411 e. The molecule has 4 aliphatic carbocycles. The number of Topliss-reactive ketones (excluding diaryl/α,β-unsaturated/α-hetero) is 2. The lowest BCUT2D eigenvalue weighted by Crippen LogP contribution is -2.52. The number of carbonyl (C=O) groups is 3. The smallest absolute Gasteiger partial charge is 0.411 e. The average Bonchev–Trinajstić information content (AvgIpc) is 2.93. The van der Waals surface area contributed by atoms with E-state index in [9.17, 15) is 14.4 Å². The molecule has 0 spiro atoms. The Morgan fingerprint density at radius 3 is 2.52 bits per heavy atom. The van der Waals surface area contributed by atoms with E-state index in [0.717, 1.165) is 50.5 Å². The van der Waals surface area contributed by atoms with Crippen LogP contribution in [0.5, 0.6) is 0 Å². The highest BCUT2D eigenvalue weighted by molar-refractivity contribution is 5.99. The van der Waals surface area contributed by atoms with Gasteiger partial charge >= 0.3 is 6.09 Å². The summed E-state index contributed by atoms with van der Waals surface area (Å²) in [4.78, 5) is 37.1. The van der Waals surface area contributed by atoms with E-state index in [4.69, 9.17) is 4.74 Å². The van der Waals surface area contributed by atoms with Gasteiger partial charge in [0.2, 0.25) is 0 Å². The van der Waals surface area contributed by atoms with Gasteiger partial charge in [0, 0.05) is 18.3 Å². The average molecular weight is 373 g/mol. The summed E-state index contributed by atoms with van der Waals surface area (Å²) in [5.74, 6) is 2.03. The molecule has 0 unspecified atom stereocenters. The molecule has 1 N–H and O–H groups in total. The van der Waals surface area contributed by atoms with E-state index in [1.54, 1.807) is 6.92 Å². The van der Waals surface area contributed by atoms with E-state index in [1.807, 2.05) is 0 Å². The zero-order valence-corrected chi connectivity index (χ0v) is 16.7. The normalized spacial score (nSPS) is 40.9. The minimum absolute atomic E-state index is 0.0330. The van der Waals surface area contributed by atoms with Crippen molar-refractivity contribution in [2.75, 3.05) is 6.61 Å². The molecule has 5 heteroatoms. The Kier molecular flexibility index (Phi) is 4.47. The van der Waals surface area contributed by atoms with Crippen LogP contribution in [-0.2, 0) is 14.3 Å². The van der Waals surface area contributed by atoms with E-state index in [0.29, 0.717) is 42.3 Å². The van der Waals surface area contributed by atoms with Gasteiger partial charge in [0.15, 0.2) is 5.78 Å². The number of alkyl carbamates (subject to hydrolysis) is 1. The molecule has 0 radical (unpaired) electrons. The van der Waals surface area contributed by atoms with Crippen LogP contribution in [0.3, 0.4) is 0 Å². The van der Waals surface area contributed by atoms with Gasteiger partial charge in [-0.3, -0.25) is 14.9 Å². The number of amides is 1. The second-order valence-electron chi connectivity index (χ2n) is 9.37. The third-order valence-corrected chi connectivity index (χ3v) is 8.34. The molecule has 0 saturated heterocycles. The van der Waals surface area contributed by atoms with Crippen LogP contribution in [0, 0.1) is 28.6 Å². The summed E-state index contributed by atoms with van der Waals surface area (Å²) >= 11 is 0. The summed E-state index contributed by atoms with van der Waals surface area (Å²) in [6.07, 6.45) is 6.43. The largest absolute Gasteiger partial charge is 0.450 e. The summed E-state index contributed by atoms with van der Waals surface area (Å²) in [6.45, 7) is 6.53. The lowest BCUT2D eigenvalue weighted by Gasteiger charge is -2.57. The molecule has 5 nitrogen and oxygen atoms in total. The summed E-state index contributed by atoms with van der Waals surface area (Å²) < 4.78 is 5.02. The molecule has 4 rings (SSSR count). The molecule has 0 bridgehead atoms. The second-order valence-corrected chi connectivity index (χ2v) is 9.37. The summed E-state index contributed by atoms with van der Waals surface area (Å²) in [5, 5.41) is 2.77. The number of rotatable bonds is 2. The molecule has 5 atom stereocenters. The number of nitrogens with one attached hydrogen (secondary N) is 1. The Hall–Kier alpha value is -1.65. The van der Waals surface area contributed by atoms with Crippen LogP contribution in [0.4, 0.5) is 4.79 Å². The van der Waals surface area contributed by atoms with E-state index < -0.39 is 6.09 Å². The van der Waals surface area contributed by atoms with E-state index in [2.05, 4.69) is 19.2 Å². The van der Waals surface area contributed by atoms with Gasteiger partial charge in [-0.2, -0.15) is 0 Å². The summed E-state index contributed by atoms with van der Waals surface area (Å²) in [7, 11) is 0. The van der Waals surface area contributed by atoms with E-state index >= 15 is 0 Å². The van der Waals surface area contributed by atoms with E-state index in [-0.39, 0.29) is 16.6 Å². The van der Waals surface area contributed by atoms with Crippen LogP contribution < -0.4 is 5.32 Å². The molecule has 0 heterocycles. The quantitative estimate of drug-likeness (QED) is 0.789. The number of hydrogen-bond donors (Lipinski definition) is 1. The number of ether oxygens (including phenoxy) is 1. The van der Waals surface area contributed by atoms with Crippen molar-refractivity contribution < 1.29 is 19.1 Å². The minimum Gasteiger partial charge on any atom is -0.450 e. The molecular formula is C22H31NO4. The van der Waals surface area contributed by atoms with Crippen molar-refractivity contribution in [3.05, 3.63) is 11.3 Å². The highest BCUT2D eigenvalue weighted by atomic mass is 16.5.